The van der Waals surface area contributed by atoms with Crippen molar-refractivity contribution in [3.8, 4) is 0 Å². The van der Waals surface area contributed by atoms with Gasteiger partial charge in [0.2, 0.25) is 5.91 Å². The van der Waals surface area contributed by atoms with E-state index in [1.165, 1.54) is 25.7 Å². The van der Waals surface area contributed by atoms with Gasteiger partial charge in [0.15, 0.2) is 0 Å². The summed E-state index contributed by atoms with van der Waals surface area (Å²) in [7, 11) is 0. The summed E-state index contributed by atoms with van der Waals surface area (Å²) < 4.78 is -0.446. The van der Waals surface area contributed by atoms with E-state index in [1.807, 2.05) is 13.8 Å². The minimum absolute atomic E-state index is 0.114. The zero-order chi connectivity index (χ0) is 11.9. The second-order valence-electron chi connectivity index (χ2n) is 6.07. The Labute approximate surface area is 107 Å². The lowest BCUT2D eigenvalue weighted by atomic mass is 9.84. The molecule has 0 heterocycles. The maximum Gasteiger partial charge on any atom is 0.236 e. The molecule has 2 saturated carbocycles. The van der Waals surface area contributed by atoms with Crippen LogP contribution in [0.4, 0.5) is 0 Å². The van der Waals surface area contributed by atoms with Crippen molar-refractivity contribution in [1.82, 2.24) is 5.32 Å². The fourth-order valence-corrected chi connectivity index (χ4v) is 3.51. The van der Waals surface area contributed by atoms with Gasteiger partial charge in [-0.2, -0.15) is 0 Å². The molecule has 0 saturated heterocycles. The first-order valence-corrected chi connectivity index (χ1v) is 7.17. The van der Waals surface area contributed by atoms with Crippen LogP contribution < -0.4 is 5.32 Å². The lowest BCUT2D eigenvalue weighted by Crippen LogP contribution is -2.46. The third-order valence-corrected chi connectivity index (χ3v) is 4.69. The Balaban J connectivity index is 1.89. The lowest BCUT2D eigenvalue weighted by molar-refractivity contribution is -0.123. The topological polar surface area (TPSA) is 29.1 Å². The van der Waals surface area contributed by atoms with Crippen LogP contribution in [0.1, 0.15) is 46.5 Å². The van der Waals surface area contributed by atoms with Crippen LogP contribution in [0.25, 0.3) is 0 Å². The van der Waals surface area contributed by atoms with Crippen molar-refractivity contribution in [2.45, 2.75) is 56.8 Å². The standard InChI is InChI=1S/C13H22BrNO/c1-8(15-12(16)13(2,3)14)11-7-9-4-5-10(11)6-9/h8-11H,4-7H2,1-3H3,(H,15,16). The minimum atomic E-state index is -0.446. The summed E-state index contributed by atoms with van der Waals surface area (Å²) >= 11 is 3.41. The second-order valence-corrected chi connectivity index (χ2v) is 8.06. The maximum absolute atomic E-state index is 11.9. The number of carbonyl (C=O) groups is 1. The van der Waals surface area contributed by atoms with E-state index in [4.69, 9.17) is 0 Å². The second kappa shape index (κ2) is 4.32. The first-order chi connectivity index (χ1) is 7.38. The number of nitrogens with one attached hydrogen (secondary N) is 1. The van der Waals surface area contributed by atoms with Gasteiger partial charge in [-0.05, 0) is 57.8 Å². The predicted molar refractivity (Wildman–Crippen MR) is 69.5 cm³/mol. The van der Waals surface area contributed by atoms with Gasteiger partial charge in [-0.1, -0.05) is 22.4 Å². The average molecular weight is 288 g/mol. The summed E-state index contributed by atoms with van der Waals surface area (Å²) in [6.07, 6.45) is 5.54. The molecule has 0 aromatic carbocycles. The Morgan fingerprint density at radius 1 is 1.38 bits per heavy atom. The van der Waals surface area contributed by atoms with Gasteiger partial charge in [-0.3, -0.25) is 4.79 Å². The highest BCUT2D eigenvalue weighted by Gasteiger charge is 2.42. The van der Waals surface area contributed by atoms with Crippen LogP contribution in [-0.2, 0) is 4.79 Å². The summed E-state index contributed by atoms with van der Waals surface area (Å²) in [6, 6.07) is 0.333. The van der Waals surface area contributed by atoms with Crippen molar-refractivity contribution in [3.63, 3.8) is 0 Å². The maximum atomic E-state index is 11.9. The van der Waals surface area contributed by atoms with Gasteiger partial charge in [0.1, 0.15) is 0 Å². The molecule has 0 aromatic heterocycles. The van der Waals surface area contributed by atoms with Crippen molar-refractivity contribution < 1.29 is 4.79 Å². The van der Waals surface area contributed by atoms with E-state index in [-0.39, 0.29) is 5.91 Å². The summed E-state index contributed by atoms with van der Waals surface area (Å²) in [5, 5.41) is 3.16. The van der Waals surface area contributed by atoms with Crippen LogP contribution in [0.15, 0.2) is 0 Å². The summed E-state index contributed by atoms with van der Waals surface area (Å²) in [6.45, 7) is 5.97. The van der Waals surface area contributed by atoms with E-state index in [2.05, 4.69) is 28.2 Å². The zero-order valence-corrected chi connectivity index (χ0v) is 12.0. The molecule has 92 valence electrons. The van der Waals surface area contributed by atoms with Gasteiger partial charge >= 0.3 is 0 Å². The normalized spacial score (nSPS) is 35.1. The molecular weight excluding hydrogens is 266 g/mol. The summed E-state index contributed by atoms with van der Waals surface area (Å²) in [4.78, 5) is 11.9. The first-order valence-electron chi connectivity index (χ1n) is 6.38. The molecule has 1 amide bonds. The van der Waals surface area contributed by atoms with Gasteiger partial charge in [-0.15, -0.1) is 0 Å². The van der Waals surface area contributed by atoms with Crippen LogP contribution in [0.2, 0.25) is 0 Å². The first kappa shape index (κ1) is 12.4. The van der Waals surface area contributed by atoms with E-state index in [0.717, 1.165) is 17.8 Å². The van der Waals surface area contributed by atoms with E-state index in [1.54, 1.807) is 0 Å². The monoisotopic (exact) mass is 287 g/mol. The molecule has 4 unspecified atom stereocenters. The molecule has 16 heavy (non-hydrogen) atoms. The van der Waals surface area contributed by atoms with Gasteiger partial charge in [0.25, 0.3) is 0 Å². The minimum Gasteiger partial charge on any atom is -0.352 e. The SMILES string of the molecule is CC(NC(=O)C(C)(C)Br)C1CC2CCC1C2. The Hall–Kier alpha value is -0.0500. The van der Waals surface area contributed by atoms with Crippen LogP contribution in [0.5, 0.6) is 0 Å². The molecule has 2 aliphatic rings. The summed E-state index contributed by atoms with van der Waals surface area (Å²) in [5.74, 6) is 2.66. The van der Waals surface area contributed by atoms with Gasteiger partial charge in [0.05, 0.1) is 4.32 Å². The highest BCUT2D eigenvalue weighted by atomic mass is 79.9. The van der Waals surface area contributed by atoms with Crippen LogP contribution in [-0.4, -0.2) is 16.3 Å². The fourth-order valence-electron chi connectivity index (χ4n) is 3.39. The van der Waals surface area contributed by atoms with Gasteiger partial charge in [0, 0.05) is 6.04 Å². The van der Waals surface area contributed by atoms with Gasteiger partial charge in [-0.25, -0.2) is 0 Å². The number of rotatable bonds is 3. The largest absolute Gasteiger partial charge is 0.352 e. The highest BCUT2D eigenvalue weighted by molar-refractivity contribution is 9.10. The number of hydrogen-bond acceptors (Lipinski definition) is 1. The lowest BCUT2D eigenvalue weighted by Gasteiger charge is -2.30. The van der Waals surface area contributed by atoms with Crippen molar-refractivity contribution in [3.05, 3.63) is 0 Å². The Morgan fingerprint density at radius 3 is 2.50 bits per heavy atom. The van der Waals surface area contributed by atoms with Crippen molar-refractivity contribution in [1.29, 1.82) is 0 Å². The quantitative estimate of drug-likeness (QED) is 0.794. The third-order valence-electron chi connectivity index (χ3n) is 4.33. The van der Waals surface area contributed by atoms with Crippen LogP contribution in [0, 0.1) is 17.8 Å². The van der Waals surface area contributed by atoms with Crippen LogP contribution >= 0.6 is 15.9 Å². The smallest absolute Gasteiger partial charge is 0.236 e. The molecule has 0 spiro atoms. The molecule has 2 aliphatic carbocycles. The summed E-state index contributed by atoms with van der Waals surface area (Å²) in [5.41, 5.74) is 0. The molecule has 0 radical (unpaired) electrons. The Kier molecular flexibility index (Phi) is 3.35. The number of alkyl halides is 1. The number of fused-ring (bicyclic) bond motifs is 2. The molecule has 0 aromatic rings. The van der Waals surface area contributed by atoms with Crippen LogP contribution in [0.3, 0.4) is 0 Å². The van der Waals surface area contributed by atoms with Crippen molar-refractivity contribution >= 4 is 21.8 Å². The molecule has 4 atom stereocenters. The van der Waals surface area contributed by atoms with E-state index in [0.29, 0.717) is 6.04 Å². The molecule has 2 nitrogen and oxygen atoms in total. The average Bonchev–Trinajstić information content (AvgIpc) is 2.76. The Bertz CT molecular complexity index is 284. The number of hydrogen-bond donors (Lipinski definition) is 1. The molecule has 1 N–H and O–H groups in total. The van der Waals surface area contributed by atoms with Gasteiger partial charge < -0.3 is 5.32 Å². The Morgan fingerprint density at radius 2 is 2.06 bits per heavy atom. The van der Waals surface area contributed by atoms with Crippen molar-refractivity contribution in [2.24, 2.45) is 17.8 Å². The molecule has 2 bridgehead atoms. The molecule has 3 heteroatoms. The molecular formula is C13H22BrNO. The predicted octanol–water partition coefficient (Wildman–Crippen LogP) is 3.10. The molecule has 0 aliphatic heterocycles. The van der Waals surface area contributed by atoms with E-state index in [9.17, 15) is 4.79 Å². The van der Waals surface area contributed by atoms with E-state index >= 15 is 0 Å². The van der Waals surface area contributed by atoms with Crippen molar-refractivity contribution in [2.75, 3.05) is 0 Å². The number of halogens is 1. The highest BCUT2D eigenvalue weighted by Crippen LogP contribution is 2.49. The van der Waals surface area contributed by atoms with E-state index < -0.39 is 4.32 Å². The molecule has 2 fully saturated rings. The number of carbonyl (C=O) groups excluding carboxylic acids is 1. The number of amides is 1. The zero-order valence-electron chi connectivity index (χ0n) is 10.4. The third kappa shape index (κ3) is 2.44. The molecule has 2 rings (SSSR count). The fraction of sp³-hybridized carbons (Fsp3) is 0.923.